The highest BCUT2D eigenvalue weighted by molar-refractivity contribution is 7.91. The quantitative estimate of drug-likeness (QED) is 0.441. The second kappa shape index (κ2) is 12.5. The first-order valence-corrected chi connectivity index (χ1v) is 13.8. The summed E-state index contributed by atoms with van der Waals surface area (Å²) < 4.78 is 39.1. The van der Waals surface area contributed by atoms with Crippen molar-refractivity contribution in [2.24, 2.45) is 0 Å². The fraction of sp³-hybridized carbons (Fsp3) is 0.542. The first kappa shape index (κ1) is 25.7. The van der Waals surface area contributed by atoms with Gasteiger partial charge < -0.3 is 14.8 Å². The Bertz CT molecular complexity index is 998. The second-order valence-corrected chi connectivity index (χ2v) is 11.5. The van der Waals surface area contributed by atoms with Crippen molar-refractivity contribution in [1.82, 2.24) is 9.62 Å². The van der Waals surface area contributed by atoms with Crippen LogP contribution in [0.25, 0.3) is 0 Å². The lowest BCUT2D eigenvalue weighted by molar-refractivity contribution is 0.0193. The van der Waals surface area contributed by atoms with Gasteiger partial charge in [-0.05, 0) is 49.6 Å². The zero-order valence-electron chi connectivity index (χ0n) is 19.4. The van der Waals surface area contributed by atoms with E-state index in [1.165, 1.54) is 30.6 Å². The molecule has 7 nitrogen and oxygen atoms in total. The van der Waals surface area contributed by atoms with Crippen LogP contribution in [0, 0.1) is 0 Å². The average molecular weight is 495 g/mol. The molecule has 0 atom stereocenters. The predicted octanol–water partition coefficient (Wildman–Crippen LogP) is 4.44. The highest BCUT2D eigenvalue weighted by Gasteiger charge is 2.30. The molecule has 1 aromatic heterocycles. The van der Waals surface area contributed by atoms with E-state index in [1.54, 1.807) is 47.8 Å². The number of rotatable bonds is 12. The molecular weight excluding hydrogens is 460 g/mol. The highest BCUT2D eigenvalue weighted by Crippen LogP contribution is 2.28. The standard InChI is InChI=1S/C24H34N2O5S2/c1-3-4-5-6-16-31-20-12-14-26(15-13-20)33(28,29)23-11-10-22(32-23)18-25-24(27)19-8-7-9-21(17-19)30-2/h7-11,17,20H,3-6,12-16,18H2,1-2H3,(H,25,27). The van der Waals surface area contributed by atoms with Gasteiger partial charge in [0.1, 0.15) is 9.96 Å². The fourth-order valence-corrected chi connectivity index (χ4v) is 6.69. The van der Waals surface area contributed by atoms with Gasteiger partial charge in [-0.15, -0.1) is 11.3 Å². The van der Waals surface area contributed by atoms with Gasteiger partial charge in [0.05, 0.1) is 19.8 Å². The molecule has 1 fully saturated rings. The van der Waals surface area contributed by atoms with Gasteiger partial charge in [0.15, 0.2) is 0 Å². The van der Waals surface area contributed by atoms with E-state index in [0.717, 1.165) is 30.7 Å². The van der Waals surface area contributed by atoms with E-state index >= 15 is 0 Å². The molecule has 33 heavy (non-hydrogen) atoms. The molecule has 1 amide bonds. The zero-order valence-corrected chi connectivity index (χ0v) is 21.1. The number of carbonyl (C=O) groups excluding carboxylic acids is 1. The first-order chi connectivity index (χ1) is 15.9. The molecule has 0 radical (unpaired) electrons. The Labute approximate surface area is 201 Å². The van der Waals surface area contributed by atoms with Crippen molar-refractivity contribution in [1.29, 1.82) is 0 Å². The van der Waals surface area contributed by atoms with Crippen LogP contribution in [0.4, 0.5) is 0 Å². The van der Waals surface area contributed by atoms with Crippen LogP contribution in [-0.4, -0.2) is 51.5 Å². The maximum Gasteiger partial charge on any atom is 0.252 e. The molecule has 1 aliphatic rings. The van der Waals surface area contributed by atoms with Gasteiger partial charge in [-0.1, -0.05) is 32.3 Å². The number of amides is 1. The van der Waals surface area contributed by atoms with E-state index in [-0.39, 0.29) is 18.6 Å². The van der Waals surface area contributed by atoms with Gasteiger partial charge >= 0.3 is 0 Å². The summed E-state index contributed by atoms with van der Waals surface area (Å²) in [5.41, 5.74) is 0.495. The lowest BCUT2D eigenvalue weighted by Crippen LogP contribution is -2.40. The monoisotopic (exact) mass is 494 g/mol. The van der Waals surface area contributed by atoms with Crippen molar-refractivity contribution in [3.05, 3.63) is 46.8 Å². The molecule has 0 spiro atoms. The molecule has 0 bridgehead atoms. The lowest BCUT2D eigenvalue weighted by atomic mass is 10.1. The molecule has 0 saturated carbocycles. The van der Waals surface area contributed by atoms with Gasteiger partial charge in [-0.25, -0.2) is 8.42 Å². The van der Waals surface area contributed by atoms with E-state index in [1.807, 2.05) is 0 Å². The van der Waals surface area contributed by atoms with Gasteiger partial charge in [-0.2, -0.15) is 4.31 Å². The lowest BCUT2D eigenvalue weighted by Gasteiger charge is -2.30. The van der Waals surface area contributed by atoms with Gasteiger partial charge in [0, 0.05) is 30.1 Å². The van der Waals surface area contributed by atoms with Gasteiger partial charge in [0.2, 0.25) is 0 Å². The minimum absolute atomic E-state index is 0.142. The third kappa shape index (κ3) is 7.27. The topological polar surface area (TPSA) is 84.9 Å². The van der Waals surface area contributed by atoms with Crippen LogP contribution >= 0.6 is 11.3 Å². The summed E-state index contributed by atoms with van der Waals surface area (Å²) in [6.45, 7) is 4.16. The van der Waals surface area contributed by atoms with Crippen LogP contribution in [0.1, 0.15) is 60.7 Å². The van der Waals surface area contributed by atoms with Crippen molar-refractivity contribution in [3.8, 4) is 5.75 Å². The van der Waals surface area contributed by atoms with E-state index in [4.69, 9.17) is 9.47 Å². The van der Waals surface area contributed by atoms with Gasteiger partial charge in [0.25, 0.3) is 15.9 Å². The largest absolute Gasteiger partial charge is 0.497 e. The number of piperidine rings is 1. The third-order valence-corrected chi connectivity index (χ3v) is 9.19. The summed E-state index contributed by atoms with van der Waals surface area (Å²) in [5.74, 6) is 0.376. The van der Waals surface area contributed by atoms with E-state index < -0.39 is 10.0 Å². The molecule has 1 aliphatic heterocycles. The number of hydrogen-bond donors (Lipinski definition) is 1. The van der Waals surface area contributed by atoms with E-state index in [0.29, 0.717) is 28.6 Å². The molecular formula is C24H34N2O5S2. The number of ether oxygens (including phenoxy) is 2. The van der Waals surface area contributed by atoms with E-state index in [9.17, 15) is 13.2 Å². The molecule has 2 heterocycles. The number of thiophene rings is 1. The number of nitrogens with one attached hydrogen (secondary N) is 1. The Hall–Kier alpha value is -1.94. The van der Waals surface area contributed by atoms with Crippen molar-refractivity contribution in [2.75, 3.05) is 26.8 Å². The van der Waals surface area contributed by atoms with Crippen molar-refractivity contribution in [2.45, 2.75) is 62.3 Å². The predicted molar refractivity (Wildman–Crippen MR) is 130 cm³/mol. The third-order valence-electron chi connectivity index (χ3n) is 5.74. The molecule has 182 valence electrons. The first-order valence-electron chi connectivity index (χ1n) is 11.6. The van der Waals surface area contributed by atoms with Crippen LogP contribution in [-0.2, 0) is 21.3 Å². The maximum absolute atomic E-state index is 13.1. The van der Waals surface area contributed by atoms with Crippen molar-refractivity contribution >= 4 is 27.3 Å². The summed E-state index contributed by atoms with van der Waals surface area (Å²) in [5, 5.41) is 2.84. The van der Waals surface area contributed by atoms with Crippen molar-refractivity contribution < 1.29 is 22.7 Å². The summed E-state index contributed by atoms with van der Waals surface area (Å²) in [6, 6.07) is 10.3. The summed E-state index contributed by atoms with van der Waals surface area (Å²) in [6.07, 6.45) is 6.28. The number of hydrogen-bond acceptors (Lipinski definition) is 6. The number of nitrogens with zero attached hydrogens (tertiary/aromatic N) is 1. The Morgan fingerprint density at radius 2 is 1.94 bits per heavy atom. The number of methoxy groups -OCH3 is 1. The van der Waals surface area contributed by atoms with Crippen LogP contribution in [0.3, 0.4) is 0 Å². The summed E-state index contributed by atoms with van der Waals surface area (Å²) >= 11 is 1.20. The highest BCUT2D eigenvalue weighted by atomic mass is 32.2. The number of carbonyl (C=O) groups is 1. The van der Waals surface area contributed by atoms with Crippen LogP contribution in [0.2, 0.25) is 0 Å². The average Bonchev–Trinajstić information content (AvgIpc) is 3.33. The minimum atomic E-state index is -3.53. The molecule has 2 aromatic rings. The number of benzene rings is 1. The van der Waals surface area contributed by atoms with Crippen LogP contribution in [0.15, 0.2) is 40.6 Å². The molecule has 3 rings (SSSR count). The van der Waals surface area contributed by atoms with Gasteiger partial charge in [-0.3, -0.25) is 4.79 Å². The Balaban J connectivity index is 1.48. The number of unbranched alkanes of at least 4 members (excludes halogenated alkanes) is 3. The SMILES string of the molecule is CCCCCCOC1CCN(S(=O)(=O)c2ccc(CNC(=O)c3cccc(OC)c3)s2)CC1. The molecule has 0 unspecified atom stereocenters. The van der Waals surface area contributed by atoms with E-state index in [2.05, 4.69) is 12.2 Å². The zero-order chi connectivity index (χ0) is 23.7. The Kier molecular flexibility index (Phi) is 9.73. The summed E-state index contributed by atoms with van der Waals surface area (Å²) in [7, 11) is -1.98. The minimum Gasteiger partial charge on any atom is -0.497 e. The maximum atomic E-state index is 13.1. The molecule has 1 aromatic carbocycles. The normalized spacial score (nSPS) is 15.5. The summed E-state index contributed by atoms with van der Waals surface area (Å²) in [4.78, 5) is 13.2. The molecule has 9 heteroatoms. The molecule has 1 saturated heterocycles. The molecule has 1 N–H and O–H groups in total. The molecule has 0 aliphatic carbocycles. The smallest absolute Gasteiger partial charge is 0.252 e. The van der Waals surface area contributed by atoms with Crippen LogP contribution in [0.5, 0.6) is 5.75 Å². The number of sulfonamides is 1. The Morgan fingerprint density at radius 1 is 1.15 bits per heavy atom. The van der Waals surface area contributed by atoms with Crippen LogP contribution < -0.4 is 10.1 Å². The Morgan fingerprint density at radius 3 is 2.67 bits per heavy atom. The van der Waals surface area contributed by atoms with Crippen molar-refractivity contribution in [3.63, 3.8) is 0 Å². The fourth-order valence-electron chi connectivity index (χ4n) is 3.77. The second-order valence-electron chi connectivity index (χ2n) is 8.17.